The van der Waals surface area contributed by atoms with Crippen molar-refractivity contribution in [1.82, 2.24) is 15.5 Å². The Balaban J connectivity index is 1.73. The highest BCUT2D eigenvalue weighted by molar-refractivity contribution is 5.95. The summed E-state index contributed by atoms with van der Waals surface area (Å²) in [5.74, 6) is 0.00706. The molecule has 2 N–H and O–H groups in total. The predicted octanol–water partition coefficient (Wildman–Crippen LogP) is 0.187. The zero-order valence-electron chi connectivity index (χ0n) is 15.7. The van der Waals surface area contributed by atoms with Crippen molar-refractivity contribution >= 4 is 23.8 Å². The predicted molar refractivity (Wildman–Crippen MR) is 100 cm³/mol. The molecule has 1 unspecified atom stereocenters. The van der Waals surface area contributed by atoms with Gasteiger partial charge in [-0.05, 0) is 30.7 Å². The first-order valence-electron chi connectivity index (χ1n) is 8.66. The third kappa shape index (κ3) is 6.10. The molecule has 0 aromatic heterocycles. The number of likely N-dealkylation sites (N-methyl/N-ethyl adjacent to an activating group) is 1. The van der Waals surface area contributed by atoms with Crippen LogP contribution in [0.2, 0.25) is 0 Å². The Morgan fingerprint density at radius 3 is 2.52 bits per heavy atom. The van der Waals surface area contributed by atoms with Gasteiger partial charge in [-0.3, -0.25) is 14.4 Å². The SMILES string of the molecule is CNC(=O)COC1CN(C(=O)C(C)NC(=O)C=Cc2ccc(OC)cc2)C1. The average molecular weight is 375 g/mol. The number of methoxy groups -OCH3 is 1. The van der Waals surface area contributed by atoms with Crippen molar-refractivity contribution in [3.63, 3.8) is 0 Å². The largest absolute Gasteiger partial charge is 0.497 e. The molecule has 1 atom stereocenters. The Bertz CT molecular complexity index is 696. The topological polar surface area (TPSA) is 97.0 Å². The lowest BCUT2D eigenvalue weighted by atomic mass is 10.1. The highest BCUT2D eigenvalue weighted by atomic mass is 16.5. The average Bonchev–Trinajstić information content (AvgIpc) is 2.64. The number of hydrogen-bond donors (Lipinski definition) is 2. The van der Waals surface area contributed by atoms with Gasteiger partial charge >= 0.3 is 0 Å². The maximum Gasteiger partial charge on any atom is 0.245 e. The van der Waals surface area contributed by atoms with Gasteiger partial charge in [0.2, 0.25) is 17.7 Å². The van der Waals surface area contributed by atoms with E-state index in [2.05, 4.69) is 10.6 Å². The van der Waals surface area contributed by atoms with Crippen LogP contribution in [0.5, 0.6) is 5.75 Å². The van der Waals surface area contributed by atoms with Crippen LogP contribution in [0.3, 0.4) is 0 Å². The Morgan fingerprint density at radius 1 is 1.26 bits per heavy atom. The highest BCUT2D eigenvalue weighted by Gasteiger charge is 2.34. The van der Waals surface area contributed by atoms with Crippen molar-refractivity contribution in [2.24, 2.45) is 0 Å². The molecule has 0 spiro atoms. The molecule has 0 radical (unpaired) electrons. The smallest absolute Gasteiger partial charge is 0.245 e. The summed E-state index contributed by atoms with van der Waals surface area (Å²) >= 11 is 0. The second-order valence-electron chi connectivity index (χ2n) is 6.19. The van der Waals surface area contributed by atoms with E-state index in [-0.39, 0.29) is 30.4 Å². The summed E-state index contributed by atoms with van der Waals surface area (Å²) in [5, 5.41) is 5.12. The van der Waals surface area contributed by atoms with E-state index in [1.807, 2.05) is 12.1 Å². The first-order valence-corrected chi connectivity index (χ1v) is 8.66. The molecule has 1 saturated heterocycles. The summed E-state index contributed by atoms with van der Waals surface area (Å²) in [7, 11) is 3.13. The number of hydrogen-bond acceptors (Lipinski definition) is 5. The van der Waals surface area contributed by atoms with Crippen molar-refractivity contribution in [2.75, 3.05) is 33.9 Å². The van der Waals surface area contributed by atoms with Gasteiger partial charge in [0.1, 0.15) is 18.4 Å². The summed E-state index contributed by atoms with van der Waals surface area (Å²) in [5.41, 5.74) is 0.851. The lowest BCUT2D eigenvalue weighted by molar-refractivity contribution is -0.150. The van der Waals surface area contributed by atoms with Crippen molar-refractivity contribution in [3.8, 4) is 5.75 Å². The molecule has 0 saturated carbocycles. The zero-order chi connectivity index (χ0) is 19.8. The third-order valence-corrected chi connectivity index (χ3v) is 4.16. The van der Waals surface area contributed by atoms with Gasteiger partial charge in [-0.2, -0.15) is 0 Å². The molecule has 1 heterocycles. The van der Waals surface area contributed by atoms with E-state index in [9.17, 15) is 14.4 Å². The molecular formula is C19H25N3O5. The molecule has 1 aromatic carbocycles. The standard InChI is InChI=1S/C19H25N3O5/c1-13(19(25)22-10-16(11-22)27-12-18(24)20-2)21-17(23)9-6-14-4-7-15(26-3)8-5-14/h4-9,13,16H,10-12H2,1-3H3,(H,20,24)(H,21,23). The molecule has 146 valence electrons. The van der Waals surface area contributed by atoms with Crippen LogP contribution >= 0.6 is 0 Å². The summed E-state index contributed by atoms with van der Waals surface area (Å²) < 4.78 is 10.4. The maximum atomic E-state index is 12.3. The lowest BCUT2D eigenvalue weighted by Gasteiger charge is -2.40. The van der Waals surface area contributed by atoms with Crippen LogP contribution in [0.15, 0.2) is 30.3 Å². The van der Waals surface area contributed by atoms with Crippen LogP contribution in [-0.4, -0.2) is 68.6 Å². The number of rotatable bonds is 8. The number of carbonyl (C=O) groups excluding carboxylic acids is 3. The van der Waals surface area contributed by atoms with Crippen LogP contribution in [0, 0.1) is 0 Å². The normalized spacial score (nSPS) is 15.1. The van der Waals surface area contributed by atoms with E-state index in [0.717, 1.165) is 11.3 Å². The quantitative estimate of drug-likeness (QED) is 0.632. The second-order valence-corrected chi connectivity index (χ2v) is 6.19. The fourth-order valence-electron chi connectivity index (χ4n) is 2.47. The van der Waals surface area contributed by atoms with E-state index in [0.29, 0.717) is 13.1 Å². The van der Waals surface area contributed by atoms with Gasteiger partial charge in [0, 0.05) is 26.2 Å². The van der Waals surface area contributed by atoms with Crippen LogP contribution in [0.1, 0.15) is 12.5 Å². The van der Waals surface area contributed by atoms with Crippen molar-refractivity contribution in [2.45, 2.75) is 19.1 Å². The number of benzene rings is 1. The van der Waals surface area contributed by atoms with Crippen LogP contribution < -0.4 is 15.4 Å². The van der Waals surface area contributed by atoms with Gasteiger partial charge in [-0.15, -0.1) is 0 Å². The van der Waals surface area contributed by atoms with Crippen molar-refractivity contribution in [1.29, 1.82) is 0 Å². The Morgan fingerprint density at radius 2 is 1.93 bits per heavy atom. The molecule has 3 amide bonds. The van der Waals surface area contributed by atoms with Crippen molar-refractivity contribution in [3.05, 3.63) is 35.9 Å². The summed E-state index contributed by atoms with van der Waals surface area (Å²) in [6.45, 7) is 2.45. The molecule has 0 bridgehead atoms. The van der Waals surface area contributed by atoms with E-state index in [1.165, 1.54) is 13.1 Å². The molecule has 0 aliphatic carbocycles. The van der Waals surface area contributed by atoms with Gasteiger partial charge in [0.25, 0.3) is 0 Å². The first kappa shape index (κ1) is 20.4. The Labute approximate surface area is 158 Å². The molecule has 8 heteroatoms. The van der Waals surface area contributed by atoms with Gasteiger partial charge in [-0.25, -0.2) is 0 Å². The van der Waals surface area contributed by atoms with E-state index >= 15 is 0 Å². The van der Waals surface area contributed by atoms with Crippen LogP contribution in [0.4, 0.5) is 0 Å². The highest BCUT2D eigenvalue weighted by Crippen LogP contribution is 2.14. The Hall–Kier alpha value is -2.87. The molecule has 2 rings (SSSR count). The monoisotopic (exact) mass is 375 g/mol. The van der Waals surface area contributed by atoms with E-state index in [1.54, 1.807) is 37.1 Å². The number of ether oxygens (including phenoxy) is 2. The fraction of sp³-hybridized carbons (Fsp3) is 0.421. The van der Waals surface area contributed by atoms with Gasteiger partial charge in [-0.1, -0.05) is 12.1 Å². The molecule has 8 nitrogen and oxygen atoms in total. The number of likely N-dealkylation sites (tertiary alicyclic amines) is 1. The summed E-state index contributed by atoms with van der Waals surface area (Å²) in [6.07, 6.45) is 2.90. The lowest BCUT2D eigenvalue weighted by Crippen LogP contribution is -2.59. The number of carbonyl (C=O) groups is 3. The first-order chi connectivity index (χ1) is 12.9. The molecule has 27 heavy (non-hydrogen) atoms. The molecule has 1 aliphatic rings. The summed E-state index contributed by atoms with van der Waals surface area (Å²) in [4.78, 5) is 37.0. The Kier molecular flexibility index (Phi) is 7.36. The second kappa shape index (κ2) is 9.72. The minimum absolute atomic E-state index is 0.0222. The molecule has 1 fully saturated rings. The van der Waals surface area contributed by atoms with E-state index in [4.69, 9.17) is 9.47 Å². The third-order valence-electron chi connectivity index (χ3n) is 4.16. The van der Waals surface area contributed by atoms with Crippen LogP contribution in [0.25, 0.3) is 6.08 Å². The number of amides is 3. The number of nitrogens with one attached hydrogen (secondary N) is 2. The number of nitrogens with zero attached hydrogens (tertiary/aromatic N) is 1. The molecule has 1 aliphatic heterocycles. The molecular weight excluding hydrogens is 350 g/mol. The zero-order valence-corrected chi connectivity index (χ0v) is 15.7. The summed E-state index contributed by atoms with van der Waals surface area (Å²) in [6, 6.07) is 6.62. The maximum absolute atomic E-state index is 12.3. The fourth-order valence-corrected chi connectivity index (χ4v) is 2.47. The van der Waals surface area contributed by atoms with Gasteiger partial charge in [0.05, 0.1) is 13.2 Å². The minimum atomic E-state index is -0.641. The van der Waals surface area contributed by atoms with Gasteiger partial charge < -0.3 is 25.0 Å². The van der Waals surface area contributed by atoms with Crippen LogP contribution in [-0.2, 0) is 19.1 Å². The minimum Gasteiger partial charge on any atom is -0.497 e. The van der Waals surface area contributed by atoms with Gasteiger partial charge in [0.15, 0.2) is 0 Å². The molecule has 1 aromatic rings. The van der Waals surface area contributed by atoms with E-state index < -0.39 is 6.04 Å². The van der Waals surface area contributed by atoms with Crippen molar-refractivity contribution < 1.29 is 23.9 Å².